The Morgan fingerprint density at radius 2 is 2.19 bits per heavy atom. The maximum atomic E-state index is 12.2. The van der Waals surface area contributed by atoms with Gasteiger partial charge in [0.05, 0.1) is 13.2 Å². The molecular weight excluding hydrogens is 360 g/mol. The molecule has 1 fully saturated rings. The van der Waals surface area contributed by atoms with Crippen LogP contribution in [0.4, 0.5) is 5.69 Å². The Labute approximate surface area is 164 Å². The standard InChI is InChI=1S/C22H23ClN2O2/c1-13(26)18-10-16(23)2-3-17(18)14-8-15-12-27-7-6-25-21-4-5-24-11-20(21)19(9-14)22(15)25/h2-3,8-10,20-21,24H,4-7,11-12H2,1H3/t20-,21-/m0/s1. The minimum absolute atomic E-state index is 0.0361. The fourth-order valence-corrected chi connectivity index (χ4v) is 5.17. The van der Waals surface area contributed by atoms with E-state index in [0.717, 1.165) is 43.8 Å². The molecule has 0 saturated carbocycles. The van der Waals surface area contributed by atoms with Crippen molar-refractivity contribution in [2.45, 2.75) is 31.9 Å². The summed E-state index contributed by atoms with van der Waals surface area (Å²) in [5.41, 5.74) is 6.72. The molecule has 0 spiro atoms. The van der Waals surface area contributed by atoms with Crippen LogP contribution < -0.4 is 10.2 Å². The molecular formula is C22H23ClN2O2. The van der Waals surface area contributed by atoms with E-state index in [0.29, 0.717) is 29.2 Å². The number of fused-ring (bicyclic) bond motifs is 3. The highest BCUT2D eigenvalue weighted by molar-refractivity contribution is 6.31. The first-order valence-corrected chi connectivity index (χ1v) is 10.0. The monoisotopic (exact) mass is 382 g/mol. The van der Waals surface area contributed by atoms with Crippen molar-refractivity contribution < 1.29 is 9.53 Å². The molecule has 3 heterocycles. The van der Waals surface area contributed by atoms with Gasteiger partial charge in [0.25, 0.3) is 0 Å². The van der Waals surface area contributed by atoms with Crippen molar-refractivity contribution in [3.05, 3.63) is 52.0 Å². The van der Waals surface area contributed by atoms with Gasteiger partial charge in [0.2, 0.25) is 0 Å². The molecule has 2 aromatic carbocycles. The van der Waals surface area contributed by atoms with Crippen molar-refractivity contribution in [2.24, 2.45) is 0 Å². The van der Waals surface area contributed by atoms with Gasteiger partial charge in [-0.15, -0.1) is 0 Å². The van der Waals surface area contributed by atoms with Crippen LogP contribution in [0.3, 0.4) is 0 Å². The molecule has 0 aromatic heterocycles. The maximum absolute atomic E-state index is 12.2. The predicted octanol–water partition coefficient (Wildman–Crippen LogP) is 4.01. The number of halogens is 1. The van der Waals surface area contributed by atoms with Crippen molar-refractivity contribution in [3.63, 3.8) is 0 Å². The molecule has 2 atom stereocenters. The molecule has 4 nitrogen and oxygen atoms in total. The summed E-state index contributed by atoms with van der Waals surface area (Å²) >= 11 is 6.15. The number of piperidine rings is 1. The third-order valence-electron chi connectivity index (χ3n) is 6.16. The molecule has 2 aromatic rings. The third-order valence-corrected chi connectivity index (χ3v) is 6.39. The van der Waals surface area contributed by atoms with Crippen molar-refractivity contribution in [1.82, 2.24) is 5.32 Å². The minimum atomic E-state index is 0.0361. The van der Waals surface area contributed by atoms with E-state index in [4.69, 9.17) is 16.3 Å². The Hall–Kier alpha value is -1.88. The van der Waals surface area contributed by atoms with Crippen LogP contribution in [0.1, 0.15) is 40.7 Å². The first-order chi connectivity index (χ1) is 13.1. The number of nitrogens with one attached hydrogen (secondary N) is 1. The largest absolute Gasteiger partial charge is 0.375 e. The summed E-state index contributed by atoms with van der Waals surface area (Å²) in [6.45, 7) is 6.03. The highest BCUT2D eigenvalue weighted by Gasteiger charge is 2.41. The smallest absolute Gasteiger partial charge is 0.160 e. The van der Waals surface area contributed by atoms with Gasteiger partial charge in [-0.05, 0) is 60.8 Å². The molecule has 0 aliphatic carbocycles. The Balaban J connectivity index is 1.70. The lowest BCUT2D eigenvalue weighted by atomic mass is 9.87. The van der Waals surface area contributed by atoms with Crippen LogP contribution in [0, 0.1) is 0 Å². The summed E-state index contributed by atoms with van der Waals surface area (Å²) < 4.78 is 5.90. The summed E-state index contributed by atoms with van der Waals surface area (Å²) in [7, 11) is 0. The average Bonchev–Trinajstić information content (AvgIpc) is 2.83. The van der Waals surface area contributed by atoms with Gasteiger partial charge >= 0.3 is 0 Å². The summed E-state index contributed by atoms with van der Waals surface area (Å²) in [6, 6.07) is 10.7. The zero-order valence-corrected chi connectivity index (χ0v) is 16.2. The van der Waals surface area contributed by atoms with Crippen molar-refractivity contribution in [2.75, 3.05) is 31.1 Å². The van der Waals surface area contributed by atoms with Gasteiger partial charge in [0.15, 0.2) is 5.78 Å². The van der Waals surface area contributed by atoms with Crippen molar-refractivity contribution >= 4 is 23.1 Å². The molecule has 5 heteroatoms. The van der Waals surface area contributed by atoms with Crippen molar-refractivity contribution in [1.29, 1.82) is 0 Å². The number of anilines is 1. The number of carbonyl (C=O) groups excluding carboxylic acids is 1. The van der Waals surface area contributed by atoms with Crippen LogP contribution in [0.15, 0.2) is 30.3 Å². The molecule has 5 rings (SSSR count). The molecule has 1 saturated heterocycles. The number of ketones is 1. The number of carbonyl (C=O) groups is 1. The predicted molar refractivity (Wildman–Crippen MR) is 108 cm³/mol. The molecule has 0 radical (unpaired) electrons. The zero-order chi connectivity index (χ0) is 18.5. The lowest BCUT2D eigenvalue weighted by Gasteiger charge is -2.33. The summed E-state index contributed by atoms with van der Waals surface area (Å²) in [6.07, 6.45) is 1.16. The zero-order valence-electron chi connectivity index (χ0n) is 15.4. The Morgan fingerprint density at radius 1 is 1.30 bits per heavy atom. The van der Waals surface area contributed by atoms with E-state index in [2.05, 4.69) is 22.3 Å². The molecule has 3 aliphatic rings. The van der Waals surface area contributed by atoms with E-state index in [-0.39, 0.29) is 5.78 Å². The quantitative estimate of drug-likeness (QED) is 0.797. The van der Waals surface area contributed by atoms with Gasteiger partial charge in [-0.2, -0.15) is 0 Å². The van der Waals surface area contributed by atoms with Gasteiger partial charge in [-0.1, -0.05) is 17.7 Å². The number of benzene rings is 2. The Morgan fingerprint density at radius 3 is 3.04 bits per heavy atom. The lowest BCUT2D eigenvalue weighted by Crippen LogP contribution is -2.44. The van der Waals surface area contributed by atoms with Gasteiger partial charge in [-0.3, -0.25) is 4.79 Å². The molecule has 0 bridgehead atoms. The molecule has 27 heavy (non-hydrogen) atoms. The van der Waals surface area contributed by atoms with Gasteiger partial charge in [0.1, 0.15) is 0 Å². The van der Waals surface area contributed by atoms with Gasteiger partial charge in [0, 0.05) is 46.9 Å². The van der Waals surface area contributed by atoms with Crippen LogP contribution in [0.2, 0.25) is 5.02 Å². The summed E-state index contributed by atoms with van der Waals surface area (Å²) in [4.78, 5) is 14.8. The number of ether oxygens (including phenoxy) is 1. The van der Waals surface area contributed by atoms with Crippen LogP contribution >= 0.6 is 11.6 Å². The molecule has 1 N–H and O–H groups in total. The number of hydrogen-bond acceptors (Lipinski definition) is 4. The fraction of sp³-hybridized carbons (Fsp3) is 0.409. The highest BCUT2D eigenvalue weighted by atomic mass is 35.5. The molecule has 0 unspecified atom stereocenters. The third kappa shape index (κ3) is 2.78. The normalized spacial score (nSPS) is 23.6. The van der Waals surface area contributed by atoms with E-state index < -0.39 is 0 Å². The second-order valence-electron chi connectivity index (χ2n) is 7.73. The topological polar surface area (TPSA) is 41.6 Å². The van der Waals surface area contributed by atoms with E-state index in [1.54, 1.807) is 13.0 Å². The van der Waals surface area contributed by atoms with Crippen LogP contribution in [0.5, 0.6) is 0 Å². The SMILES string of the molecule is CC(=O)c1cc(Cl)ccc1-c1cc2c3c(c1)[C@@H]1CNCC[C@@H]1N3CCOC2. The first-order valence-electron chi connectivity index (χ1n) is 9.66. The number of hydrogen-bond donors (Lipinski definition) is 1. The lowest BCUT2D eigenvalue weighted by molar-refractivity contribution is 0.101. The van der Waals surface area contributed by atoms with Crippen LogP contribution in [-0.4, -0.2) is 38.1 Å². The second kappa shape index (κ2) is 6.62. The molecule has 0 amide bonds. The molecule has 140 valence electrons. The van der Waals surface area contributed by atoms with E-state index in [9.17, 15) is 4.79 Å². The van der Waals surface area contributed by atoms with Crippen LogP contribution in [0.25, 0.3) is 11.1 Å². The van der Waals surface area contributed by atoms with E-state index in [1.165, 1.54) is 16.8 Å². The first kappa shape index (κ1) is 17.2. The number of rotatable bonds is 2. The van der Waals surface area contributed by atoms with E-state index in [1.807, 2.05) is 12.1 Å². The highest BCUT2D eigenvalue weighted by Crippen LogP contribution is 2.48. The Kier molecular flexibility index (Phi) is 4.23. The Bertz CT molecular complexity index is 927. The average molecular weight is 383 g/mol. The fourth-order valence-electron chi connectivity index (χ4n) is 5.00. The number of Topliss-reactive ketones (excluding diaryl/α,β-unsaturated/α-hetero) is 1. The second-order valence-corrected chi connectivity index (χ2v) is 8.17. The maximum Gasteiger partial charge on any atom is 0.160 e. The summed E-state index contributed by atoms with van der Waals surface area (Å²) in [5, 5.41) is 4.16. The van der Waals surface area contributed by atoms with Gasteiger partial charge in [-0.25, -0.2) is 0 Å². The van der Waals surface area contributed by atoms with Crippen molar-refractivity contribution in [3.8, 4) is 11.1 Å². The van der Waals surface area contributed by atoms with Crippen LogP contribution in [-0.2, 0) is 11.3 Å². The molecule has 3 aliphatic heterocycles. The van der Waals surface area contributed by atoms with Gasteiger partial charge < -0.3 is 15.0 Å². The summed E-state index contributed by atoms with van der Waals surface area (Å²) in [5.74, 6) is 0.535. The number of nitrogens with zero attached hydrogens (tertiary/aromatic N) is 1. The van der Waals surface area contributed by atoms with E-state index >= 15 is 0 Å². The minimum Gasteiger partial charge on any atom is -0.375 e.